The highest BCUT2D eigenvalue weighted by molar-refractivity contribution is 5.50. The highest BCUT2D eigenvalue weighted by Gasteiger charge is 2.57. The monoisotopic (exact) mass is 270 g/mol. The molecule has 0 fully saturated rings. The molecule has 3 nitrogen and oxygen atoms in total. The zero-order chi connectivity index (χ0) is 14.5. The van der Waals surface area contributed by atoms with Gasteiger partial charge in [0.1, 0.15) is 11.4 Å². The van der Waals surface area contributed by atoms with E-state index in [2.05, 4.69) is 0 Å². The number of phenolic OH excluding ortho intramolecular Hbond substituents is 1. The smallest absolute Gasteiger partial charge is 0.123 e. The molecular weight excluding hydrogens is 252 g/mol. The molecule has 2 aromatic carbocycles. The number of aliphatic hydroxyl groups excluding tert-OH is 1. The Morgan fingerprint density at radius 1 is 0.950 bits per heavy atom. The van der Waals surface area contributed by atoms with E-state index in [1.165, 1.54) is 0 Å². The molecule has 2 unspecified atom stereocenters. The van der Waals surface area contributed by atoms with E-state index in [9.17, 15) is 15.3 Å². The van der Waals surface area contributed by atoms with Gasteiger partial charge in [-0.25, -0.2) is 0 Å². The van der Waals surface area contributed by atoms with Crippen molar-refractivity contribution >= 4 is 0 Å². The van der Waals surface area contributed by atoms with Crippen LogP contribution in [0.1, 0.15) is 36.6 Å². The van der Waals surface area contributed by atoms with Gasteiger partial charge in [0.25, 0.3) is 0 Å². The van der Waals surface area contributed by atoms with Crippen LogP contribution in [0, 0.1) is 5.41 Å². The SMILES string of the molecule is CC1(C)C(O)c2ccccc2C1(O)c1ccc(O)cc1. The van der Waals surface area contributed by atoms with Crippen LogP contribution in [0.4, 0.5) is 0 Å². The minimum Gasteiger partial charge on any atom is -0.508 e. The summed E-state index contributed by atoms with van der Waals surface area (Å²) in [5.41, 5.74) is 0.116. The van der Waals surface area contributed by atoms with E-state index in [0.29, 0.717) is 5.56 Å². The van der Waals surface area contributed by atoms with Crippen molar-refractivity contribution in [2.24, 2.45) is 5.41 Å². The van der Waals surface area contributed by atoms with Gasteiger partial charge in [0.15, 0.2) is 0 Å². The van der Waals surface area contributed by atoms with Crippen molar-refractivity contribution in [2.45, 2.75) is 25.6 Å². The maximum absolute atomic E-state index is 11.4. The van der Waals surface area contributed by atoms with E-state index >= 15 is 0 Å². The van der Waals surface area contributed by atoms with Crippen LogP contribution in [-0.4, -0.2) is 15.3 Å². The van der Waals surface area contributed by atoms with Crippen LogP contribution >= 0.6 is 0 Å². The Hall–Kier alpha value is -1.84. The summed E-state index contributed by atoms with van der Waals surface area (Å²) in [5.74, 6) is 0.155. The third kappa shape index (κ3) is 1.48. The first-order valence-corrected chi connectivity index (χ1v) is 6.68. The van der Waals surface area contributed by atoms with Crippen LogP contribution < -0.4 is 0 Å². The van der Waals surface area contributed by atoms with E-state index in [4.69, 9.17) is 0 Å². The Labute approximate surface area is 118 Å². The van der Waals surface area contributed by atoms with Crippen molar-refractivity contribution in [2.75, 3.05) is 0 Å². The summed E-state index contributed by atoms with van der Waals surface area (Å²) >= 11 is 0. The molecule has 2 aromatic rings. The Morgan fingerprint density at radius 3 is 2.20 bits per heavy atom. The maximum Gasteiger partial charge on any atom is 0.123 e. The first-order chi connectivity index (χ1) is 9.39. The molecule has 20 heavy (non-hydrogen) atoms. The van der Waals surface area contributed by atoms with Crippen LogP contribution in [0.25, 0.3) is 0 Å². The minimum absolute atomic E-state index is 0.155. The van der Waals surface area contributed by atoms with Crippen molar-refractivity contribution in [3.8, 4) is 5.75 Å². The number of aliphatic hydroxyl groups is 2. The Kier molecular flexibility index (Phi) is 2.68. The summed E-state index contributed by atoms with van der Waals surface area (Å²) in [6.45, 7) is 3.70. The van der Waals surface area contributed by atoms with Crippen molar-refractivity contribution in [3.63, 3.8) is 0 Å². The zero-order valence-electron chi connectivity index (χ0n) is 11.5. The lowest BCUT2D eigenvalue weighted by molar-refractivity contribution is -0.0846. The normalized spacial score (nSPS) is 27.3. The fourth-order valence-corrected chi connectivity index (χ4v) is 3.23. The molecule has 0 aliphatic heterocycles. The molecule has 3 heteroatoms. The van der Waals surface area contributed by atoms with Crippen molar-refractivity contribution in [1.82, 2.24) is 0 Å². The van der Waals surface area contributed by atoms with Gasteiger partial charge in [0, 0.05) is 5.41 Å². The lowest BCUT2D eigenvalue weighted by Gasteiger charge is -2.39. The molecule has 0 bridgehead atoms. The first-order valence-electron chi connectivity index (χ1n) is 6.68. The maximum atomic E-state index is 11.4. The van der Waals surface area contributed by atoms with Crippen LogP contribution in [0.2, 0.25) is 0 Å². The van der Waals surface area contributed by atoms with Crippen LogP contribution in [-0.2, 0) is 5.60 Å². The summed E-state index contributed by atoms with van der Waals surface area (Å²) in [7, 11) is 0. The summed E-state index contributed by atoms with van der Waals surface area (Å²) < 4.78 is 0. The number of fused-ring (bicyclic) bond motifs is 1. The second kappa shape index (κ2) is 4.08. The number of phenols is 1. The third-order valence-electron chi connectivity index (χ3n) is 4.55. The largest absolute Gasteiger partial charge is 0.508 e. The van der Waals surface area contributed by atoms with E-state index in [1.54, 1.807) is 24.3 Å². The van der Waals surface area contributed by atoms with Gasteiger partial charge in [-0.05, 0) is 28.8 Å². The lowest BCUT2D eigenvalue weighted by Crippen LogP contribution is -2.41. The highest BCUT2D eigenvalue weighted by atomic mass is 16.3. The Balaban J connectivity index is 2.27. The average molecular weight is 270 g/mol. The van der Waals surface area contributed by atoms with E-state index in [0.717, 1.165) is 11.1 Å². The average Bonchev–Trinajstić information content (AvgIpc) is 2.60. The fourth-order valence-electron chi connectivity index (χ4n) is 3.23. The summed E-state index contributed by atoms with van der Waals surface area (Å²) in [4.78, 5) is 0. The predicted molar refractivity (Wildman–Crippen MR) is 76.3 cm³/mol. The molecule has 1 aliphatic rings. The molecule has 0 amide bonds. The van der Waals surface area contributed by atoms with Crippen LogP contribution in [0.15, 0.2) is 48.5 Å². The van der Waals surface area contributed by atoms with Gasteiger partial charge < -0.3 is 15.3 Å². The van der Waals surface area contributed by atoms with E-state index in [1.807, 2.05) is 38.1 Å². The third-order valence-corrected chi connectivity index (χ3v) is 4.55. The Morgan fingerprint density at radius 2 is 1.55 bits per heavy atom. The molecule has 2 atom stereocenters. The number of aromatic hydroxyl groups is 1. The number of rotatable bonds is 1. The van der Waals surface area contributed by atoms with Gasteiger partial charge in [-0.2, -0.15) is 0 Å². The van der Waals surface area contributed by atoms with Crippen molar-refractivity contribution in [3.05, 3.63) is 65.2 Å². The second-order valence-corrected chi connectivity index (χ2v) is 5.97. The molecule has 0 spiro atoms. The summed E-state index contributed by atoms with van der Waals surface area (Å²) in [5, 5.41) is 31.3. The van der Waals surface area contributed by atoms with E-state index < -0.39 is 17.1 Å². The molecule has 0 heterocycles. The molecular formula is C17H18O3. The minimum atomic E-state index is -1.28. The standard InChI is InChI=1S/C17H18O3/c1-16(2)15(19)13-5-3-4-6-14(13)17(16,20)11-7-9-12(18)10-8-11/h3-10,15,18-20H,1-2H3. The lowest BCUT2D eigenvalue weighted by atomic mass is 9.70. The van der Waals surface area contributed by atoms with Crippen LogP contribution in [0.3, 0.4) is 0 Å². The zero-order valence-corrected chi connectivity index (χ0v) is 11.5. The van der Waals surface area contributed by atoms with Crippen molar-refractivity contribution < 1.29 is 15.3 Å². The molecule has 0 aromatic heterocycles. The van der Waals surface area contributed by atoms with Crippen LogP contribution in [0.5, 0.6) is 5.75 Å². The summed E-state index contributed by atoms with van der Waals surface area (Å²) in [6.07, 6.45) is -0.738. The number of hydrogen-bond donors (Lipinski definition) is 3. The number of hydrogen-bond acceptors (Lipinski definition) is 3. The molecule has 3 N–H and O–H groups in total. The topological polar surface area (TPSA) is 60.7 Å². The molecule has 0 saturated carbocycles. The molecule has 0 radical (unpaired) electrons. The van der Waals surface area contributed by atoms with Gasteiger partial charge in [0.2, 0.25) is 0 Å². The molecule has 3 rings (SSSR count). The fraction of sp³-hybridized carbons (Fsp3) is 0.294. The van der Waals surface area contributed by atoms with Gasteiger partial charge in [0.05, 0.1) is 6.10 Å². The van der Waals surface area contributed by atoms with Gasteiger partial charge in [-0.3, -0.25) is 0 Å². The van der Waals surface area contributed by atoms with E-state index in [-0.39, 0.29) is 5.75 Å². The highest BCUT2D eigenvalue weighted by Crippen LogP contribution is 2.59. The Bertz CT molecular complexity index is 646. The second-order valence-electron chi connectivity index (χ2n) is 5.97. The first kappa shape index (κ1) is 13.2. The molecule has 104 valence electrons. The van der Waals surface area contributed by atoms with Gasteiger partial charge in [-0.1, -0.05) is 50.2 Å². The summed E-state index contributed by atoms with van der Waals surface area (Å²) in [6, 6.07) is 13.9. The van der Waals surface area contributed by atoms with Gasteiger partial charge in [-0.15, -0.1) is 0 Å². The van der Waals surface area contributed by atoms with Gasteiger partial charge >= 0.3 is 0 Å². The van der Waals surface area contributed by atoms with Crippen molar-refractivity contribution in [1.29, 1.82) is 0 Å². The predicted octanol–water partition coefficient (Wildman–Crippen LogP) is 2.70. The quantitative estimate of drug-likeness (QED) is 0.746. The molecule has 0 saturated heterocycles. The number of benzene rings is 2. The molecule has 1 aliphatic carbocycles.